The van der Waals surface area contributed by atoms with Crippen LogP contribution in [0.3, 0.4) is 0 Å². The normalized spacial score (nSPS) is 17.2. The Balaban J connectivity index is 1.91. The van der Waals surface area contributed by atoms with E-state index in [1.54, 1.807) is 14.2 Å². The molecule has 0 bridgehead atoms. The van der Waals surface area contributed by atoms with Gasteiger partial charge in [0.15, 0.2) is 0 Å². The summed E-state index contributed by atoms with van der Waals surface area (Å²) in [5, 5.41) is 0. The van der Waals surface area contributed by atoms with E-state index < -0.39 is 0 Å². The lowest BCUT2D eigenvalue weighted by molar-refractivity contribution is 0.0596. The number of piperazine rings is 1. The van der Waals surface area contributed by atoms with Crippen LogP contribution in [0.25, 0.3) is 0 Å². The van der Waals surface area contributed by atoms with Crippen molar-refractivity contribution >= 4 is 5.69 Å². The summed E-state index contributed by atoms with van der Waals surface area (Å²) in [7, 11) is 3.44. The molecule has 1 aromatic carbocycles. The summed E-state index contributed by atoms with van der Waals surface area (Å²) < 4.78 is 10.3. The van der Waals surface area contributed by atoms with Crippen molar-refractivity contribution in [3.05, 3.63) is 24.3 Å². The van der Waals surface area contributed by atoms with E-state index in [1.165, 1.54) is 5.69 Å². The maximum Gasteiger partial charge on any atom is 0.119 e. The Bertz CT molecular complexity index is 332. The van der Waals surface area contributed by atoms with E-state index in [0.717, 1.165) is 38.7 Å². The van der Waals surface area contributed by atoms with E-state index in [2.05, 4.69) is 21.9 Å². The van der Waals surface area contributed by atoms with E-state index in [-0.39, 0.29) is 0 Å². The van der Waals surface area contributed by atoms with Crippen LogP contribution in [0.2, 0.25) is 0 Å². The molecule has 1 aromatic rings. The molecule has 0 aromatic heterocycles. The molecule has 0 saturated carbocycles. The summed E-state index contributed by atoms with van der Waals surface area (Å²) in [5.74, 6) is 0.909. The molecular weight excluding hydrogens is 216 g/mol. The Hall–Kier alpha value is -1.26. The highest BCUT2D eigenvalue weighted by Gasteiger charge is 2.16. The summed E-state index contributed by atoms with van der Waals surface area (Å²) >= 11 is 0. The van der Waals surface area contributed by atoms with Crippen LogP contribution in [0, 0.1) is 0 Å². The molecule has 1 heterocycles. The van der Waals surface area contributed by atoms with Crippen LogP contribution in [-0.2, 0) is 4.74 Å². The smallest absolute Gasteiger partial charge is 0.119 e. The van der Waals surface area contributed by atoms with Gasteiger partial charge in [0.1, 0.15) is 5.75 Å². The van der Waals surface area contributed by atoms with Crippen molar-refractivity contribution in [3.63, 3.8) is 0 Å². The van der Waals surface area contributed by atoms with Gasteiger partial charge in [0.2, 0.25) is 0 Å². The topological polar surface area (TPSA) is 24.9 Å². The second-order valence-electron chi connectivity index (χ2n) is 4.22. The molecule has 2 rings (SSSR count). The SMILES string of the molecule is COCN1CCN(c2ccc(OC)cc2)CC1. The standard InChI is InChI=1S/C13H20N2O2/c1-16-11-14-7-9-15(10-8-14)12-3-5-13(17-2)6-4-12/h3-6H,7-11H2,1-2H3. The van der Waals surface area contributed by atoms with E-state index in [0.29, 0.717) is 0 Å². The molecule has 0 spiro atoms. The Morgan fingerprint density at radius 3 is 2.18 bits per heavy atom. The molecule has 0 N–H and O–H groups in total. The van der Waals surface area contributed by atoms with E-state index in [9.17, 15) is 0 Å². The van der Waals surface area contributed by atoms with Crippen LogP contribution in [0.1, 0.15) is 0 Å². The van der Waals surface area contributed by atoms with Gasteiger partial charge in [-0.05, 0) is 24.3 Å². The fourth-order valence-corrected chi connectivity index (χ4v) is 2.11. The van der Waals surface area contributed by atoms with Crippen LogP contribution in [0.5, 0.6) is 5.75 Å². The Kier molecular flexibility index (Phi) is 4.23. The Labute approximate surface area is 103 Å². The lowest BCUT2D eigenvalue weighted by Gasteiger charge is -2.35. The molecule has 1 aliphatic rings. The van der Waals surface area contributed by atoms with Crippen molar-refractivity contribution in [3.8, 4) is 5.75 Å². The first-order chi connectivity index (χ1) is 8.33. The molecule has 1 fully saturated rings. The number of rotatable bonds is 4. The number of methoxy groups -OCH3 is 2. The molecule has 4 heteroatoms. The number of hydrogen-bond donors (Lipinski definition) is 0. The zero-order valence-electron chi connectivity index (χ0n) is 10.6. The molecular formula is C13H20N2O2. The fourth-order valence-electron chi connectivity index (χ4n) is 2.11. The maximum atomic E-state index is 5.16. The predicted octanol–water partition coefficient (Wildman–Crippen LogP) is 1.42. The highest BCUT2D eigenvalue weighted by atomic mass is 16.5. The number of ether oxygens (including phenoxy) is 2. The van der Waals surface area contributed by atoms with E-state index >= 15 is 0 Å². The third-order valence-electron chi connectivity index (χ3n) is 3.12. The molecule has 0 amide bonds. The van der Waals surface area contributed by atoms with Gasteiger partial charge in [-0.2, -0.15) is 0 Å². The molecule has 1 saturated heterocycles. The van der Waals surface area contributed by atoms with E-state index in [4.69, 9.17) is 9.47 Å². The van der Waals surface area contributed by atoms with Crippen molar-refractivity contribution < 1.29 is 9.47 Å². The third kappa shape index (κ3) is 3.11. The van der Waals surface area contributed by atoms with Gasteiger partial charge >= 0.3 is 0 Å². The van der Waals surface area contributed by atoms with Crippen molar-refractivity contribution in [1.82, 2.24) is 4.90 Å². The average molecular weight is 236 g/mol. The fraction of sp³-hybridized carbons (Fsp3) is 0.538. The summed E-state index contributed by atoms with van der Waals surface area (Å²) in [4.78, 5) is 4.71. The molecule has 0 radical (unpaired) electrons. The highest BCUT2D eigenvalue weighted by Crippen LogP contribution is 2.20. The van der Waals surface area contributed by atoms with Gasteiger partial charge in [-0.3, -0.25) is 4.90 Å². The largest absolute Gasteiger partial charge is 0.497 e. The lowest BCUT2D eigenvalue weighted by atomic mass is 10.2. The molecule has 1 aliphatic heterocycles. The molecule has 0 atom stereocenters. The number of nitrogens with zero attached hydrogens (tertiary/aromatic N) is 2. The van der Waals surface area contributed by atoms with Crippen LogP contribution < -0.4 is 9.64 Å². The first-order valence-electron chi connectivity index (χ1n) is 5.94. The quantitative estimate of drug-likeness (QED) is 0.789. The summed E-state index contributed by atoms with van der Waals surface area (Å²) in [6.45, 7) is 4.95. The second-order valence-corrected chi connectivity index (χ2v) is 4.22. The van der Waals surface area contributed by atoms with Crippen molar-refractivity contribution in [2.75, 3.05) is 52.0 Å². The zero-order chi connectivity index (χ0) is 12.1. The van der Waals surface area contributed by atoms with Gasteiger partial charge in [0, 0.05) is 39.0 Å². The zero-order valence-corrected chi connectivity index (χ0v) is 10.6. The minimum Gasteiger partial charge on any atom is -0.497 e. The maximum absolute atomic E-state index is 5.16. The van der Waals surface area contributed by atoms with Gasteiger partial charge < -0.3 is 14.4 Å². The summed E-state index contributed by atoms with van der Waals surface area (Å²) in [5.41, 5.74) is 1.27. The minimum atomic E-state index is 0.733. The predicted molar refractivity (Wildman–Crippen MR) is 68.7 cm³/mol. The van der Waals surface area contributed by atoms with Gasteiger partial charge in [-0.25, -0.2) is 0 Å². The van der Waals surface area contributed by atoms with Crippen LogP contribution in [0.4, 0.5) is 5.69 Å². The first-order valence-corrected chi connectivity index (χ1v) is 5.94. The monoisotopic (exact) mass is 236 g/mol. The molecule has 4 nitrogen and oxygen atoms in total. The highest BCUT2D eigenvalue weighted by molar-refractivity contribution is 5.49. The lowest BCUT2D eigenvalue weighted by Crippen LogP contribution is -2.46. The van der Waals surface area contributed by atoms with Crippen LogP contribution >= 0.6 is 0 Å². The minimum absolute atomic E-state index is 0.733. The van der Waals surface area contributed by atoms with E-state index in [1.807, 2.05) is 12.1 Å². The number of hydrogen-bond acceptors (Lipinski definition) is 4. The van der Waals surface area contributed by atoms with Gasteiger partial charge in [0.25, 0.3) is 0 Å². The first kappa shape index (κ1) is 12.2. The van der Waals surface area contributed by atoms with Gasteiger partial charge in [-0.1, -0.05) is 0 Å². The molecule has 94 valence electrons. The van der Waals surface area contributed by atoms with Gasteiger partial charge in [0.05, 0.1) is 13.8 Å². The Morgan fingerprint density at radius 2 is 1.65 bits per heavy atom. The third-order valence-corrected chi connectivity index (χ3v) is 3.12. The second kappa shape index (κ2) is 5.89. The molecule has 0 aliphatic carbocycles. The summed E-state index contributed by atoms with van der Waals surface area (Å²) in [6, 6.07) is 8.25. The van der Waals surface area contributed by atoms with Crippen molar-refractivity contribution in [1.29, 1.82) is 0 Å². The summed E-state index contributed by atoms with van der Waals surface area (Å²) in [6.07, 6.45) is 0. The van der Waals surface area contributed by atoms with Crippen LogP contribution in [-0.4, -0.2) is 52.0 Å². The van der Waals surface area contributed by atoms with Crippen LogP contribution in [0.15, 0.2) is 24.3 Å². The number of anilines is 1. The van der Waals surface area contributed by atoms with Crippen molar-refractivity contribution in [2.24, 2.45) is 0 Å². The Morgan fingerprint density at radius 1 is 1.00 bits per heavy atom. The molecule has 0 unspecified atom stereocenters. The average Bonchev–Trinajstić information content (AvgIpc) is 2.40. The number of benzene rings is 1. The van der Waals surface area contributed by atoms with Gasteiger partial charge in [-0.15, -0.1) is 0 Å². The molecule has 17 heavy (non-hydrogen) atoms. The van der Waals surface area contributed by atoms with Crippen molar-refractivity contribution in [2.45, 2.75) is 0 Å².